The fourth-order valence-corrected chi connectivity index (χ4v) is 1.75. The smallest absolute Gasteiger partial charge is 0.360 e. The molecule has 0 radical (unpaired) electrons. The van der Waals surface area contributed by atoms with Gasteiger partial charge in [0.1, 0.15) is 12.9 Å². The zero-order valence-electron chi connectivity index (χ0n) is 11.6. The fraction of sp³-hybridized carbons (Fsp3) is 0.545. The topological polar surface area (TPSA) is 97.0 Å². The lowest BCUT2D eigenvalue weighted by atomic mass is 10.2. The molecule has 0 bridgehead atoms. The number of carbonyl (C=O) groups is 1. The van der Waals surface area contributed by atoms with Crippen LogP contribution < -0.4 is 0 Å². The molecule has 0 amide bonds. The van der Waals surface area contributed by atoms with Crippen LogP contribution in [0, 0.1) is 0 Å². The van der Waals surface area contributed by atoms with Crippen LogP contribution in [-0.4, -0.2) is 56.6 Å². The van der Waals surface area contributed by atoms with Gasteiger partial charge in [0.15, 0.2) is 11.5 Å². The van der Waals surface area contributed by atoms with Gasteiger partial charge in [-0.05, 0) is 0 Å². The third-order valence-corrected chi connectivity index (χ3v) is 2.86. The summed E-state index contributed by atoms with van der Waals surface area (Å²) in [5, 5.41) is 15.6. The van der Waals surface area contributed by atoms with Gasteiger partial charge < -0.3 is 14.0 Å². The summed E-state index contributed by atoms with van der Waals surface area (Å²) in [6.45, 7) is 0.829. The van der Waals surface area contributed by atoms with Crippen LogP contribution in [0.4, 0.5) is 0 Å². The SMILES string of the molecule is COCCc1c(C(=O)OC)nnn1Cc1nncn1C. The molecule has 0 N–H and O–H groups in total. The van der Waals surface area contributed by atoms with Crippen molar-refractivity contribution in [2.75, 3.05) is 20.8 Å². The highest BCUT2D eigenvalue weighted by atomic mass is 16.5. The molecule has 2 heterocycles. The first kappa shape index (κ1) is 14.1. The van der Waals surface area contributed by atoms with Crippen LogP contribution >= 0.6 is 0 Å². The molecule has 2 aromatic rings. The summed E-state index contributed by atoms with van der Waals surface area (Å²) in [4.78, 5) is 11.7. The van der Waals surface area contributed by atoms with Crippen molar-refractivity contribution in [1.82, 2.24) is 29.8 Å². The highest BCUT2D eigenvalue weighted by Crippen LogP contribution is 2.10. The van der Waals surface area contributed by atoms with Crippen LogP contribution in [0.1, 0.15) is 22.0 Å². The molecule has 0 spiro atoms. The summed E-state index contributed by atoms with van der Waals surface area (Å²) in [5.41, 5.74) is 0.855. The summed E-state index contributed by atoms with van der Waals surface area (Å²) in [7, 11) is 4.74. The first-order chi connectivity index (χ1) is 9.67. The second-order valence-corrected chi connectivity index (χ2v) is 4.13. The van der Waals surface area contributed by atoms with E-state index in [1.165, 1.54) is 7.11 Å². The molecule has 2 rings (SSSR count). The number of aryl methyl sites for hydroxylation is 1. The van der Waals surface area contributed by atoms with Crippen molar-refractivity contribution in [3.63, 3.8) is 0 Å². The Morgan fingerprint density at radius 1 is 1.35 bits per heavy atom. The van der Waals surface area contributed by atoms with Gasteiger partial charge >= 0.3 is 5.97 Å². The maximum absolute atomic E-state index is 11.7. The minimum Gasteiger partial charge on any atom is -0.464 e. The standard InChI is InChI=1S/C11H16N6O3/c1-16-7-12-13-9(16)6-17-8(4-5-19-2)10(14-15-17)11(18)20-3/h7H,4-6H2,1-3H3. The van der Waals surface area contributed by atoms with Gasteiger partial charge in [0.25, 0.3) is 0 Å². The van der Waals surface area contributed by atoms with E-state index in [1.807, 2.05) is 7.05 Å². The molecule has 0 fully saturated rings. The zero-order valence-corrected chi connectivity index (χ0v) is 11.6. The molecule has 0 unspecified atom stereocenters. The predicted octanol–water partition coefficient (Wildman–Crippen LogP) is -0.570. The van der Waals surface area contributed by atoms with Gasteiger partial charge in [-0.3, -0.25) is 0 Å². The highest BCUT2D eigenvalue weighted by Gasteiger charge is 2.20. The second kappa shape index (κ2) is 6.24. The number of esters is 1. The number of rotatable bonds is 6. The quantitative estimate of drug-likeness (QED) is 0.654. The lowest BCUT2D eigenvalue weighted by Crippen LogP contribution is -2.14. The van der Waals surface area contributed by atoms with Gasteiger partial charge in [-0.25, -0.2) is 9.48 Å². The van der Waals surface area contributed by atoms with Gasteiger partial charge in [-0.1, -0.05) is 5.21 Å². The van der Waals surface area contributed by atoms with E-state index in [0.717, 1.165) is 0 Å². The van der Waals surface area contributed by atoms with Crippen molar-refractivity contribution in [3.05, 3.63) is 23.5 Å². The minimum atomic E-state index is -0.514. The number of hydrogen-bond donors (Lipinski definition) is 0. The normalized spacial score (nSPS) is 10.8. The van der Waals surface area contributed by atoms with Crippen molar-refractivity contribution in [2.45, 2.75) is 13.0 Å². The average Bonchev–Trinajstić information content (AvgIpc) is 3.03. The average molecular weight is 280 g/mol. The molecule has 0 aliphatic rings. The molecule has 20 heavy (non-hydrogen) atoms. The van der Waals surface area contributed by atoms with E-state index in [9.17, 15) is 4.79 Å². The monoisotopic (exact) mass is 280 g/mol. The third kappa shape index (κ3) is 2.82. The van der Waals surface area contributed by atoms with Crippen LogP contribution in [0.25, 0.3) is 0 Å². The van der Waals surface area contributed by atoms with E-state index in [0.29, 0.717) is 31.1 Å². The Balaban J connectivity index is 2.29. The van der Waals surface area contributed by atoms with Crippen molar-refractivity contribution in [3.8, 4) is 0 Å². The molecule has 0 saturated heterocycles. The van der Waals surface area contributed by atoms with Crippen LogP contribution in [0.5, 0.6) is 0 Å². The molecular formula is C11H16N6O3. The zero-order chi connectivity index (χ0) is 14.5. The summed E-state index contributed by atoms with van der Waals surface area (Å²) in [5.74, 6) is 0.199. The Morgan fingerprint density at radius 2 is 2.15 bits per heavy atom. The van der Waals surface area contributed by atoms with Gasteiger partial charge in [0.2, 0.25) is 0 Å². The molecule has 9 heteroatoms. The number of methoxy groups -OCH3 is 2. The van der Waals surface area contributed by atoms with E-state index < -0.39 is 5.97 Å². The van der Waals surface area contributed by atoms with Gasteiger partial charge in [0.05, 0.1) is 19.4 Å². The summed E-state index contributed by atoms with van der Waals surface area (Å²) in [6, 6.07) is 0. The summed E-state index contributed by atoms with van der Waals surface area (Å²) < 4.78 is 13.1. The van der Waals surface area contributed by atoms with Crippen LogP contribution in [0.15, 0.2) is 6.33 Å². The summed E-state index contributed by atoms with van der Waals surface area (Å²) >= 11 is 0. The number of carbonyl (C=O) groups excluding carboxylic acids is 1. The Kier molecular flexibility index (Phi) is 4.41. The maximum Gasteiger partial charge on any atom is 0.360 e. The predicted molar refractivity (Wildman–Crippen MR) is 67.0 cm³/mol. The van der Waals surface area contributed by atoms with Crippen molar-refractivity contribution in [2.24, 2.45) is 7.05 Å². The molecule has 9 nitrogen and oxygen atoms in total. The Bertz CT molecular complexity index is 591. The first-order valence-electron chi connectivity index (χ1n) is 5.99. The largest absolute Gasteiger partial charge is 0.464 e. The Morgan fingerprint density at radius 3 is 2.75 bits per heavy atom. The minimum absolute atomic E-state index is 0.201. The fourth-order valence-electron chi connectivity index (χ4n) is 1.75. The van der Waals surface area contributed by atoms with Gasteiger partial charge in [-0.15, -0.1) is 15.3 Å². The lowest BCUT2D eigenvalue weighted by molar-refractivity contribution is 0.0592. The third-order valence-electron chi connectivity index (χ3n) is 2.86. The van der Waals surface area contributed by atoms with Gasteiger partial charge in [-0.2, -0.15) is 0 Å². The van der Waals surface area contributed by atoms with Crippen LogP contribution in [0.2, 0.25) is 0 Å². The molecule has 0 saturated carbocycles. The van der Waals surface area contributed by atoms with Crippen molar-refractivity contribution in [1.29, 1.82) is 0 Å². The molecule has 0 aliphatic carbocycles. The molecular weight excluding hydrogens is 264 g/mol. The first-order valence-corrected chi connectivity index (χ1v) is 5.99. The molecule has 0 aliphatic heterocycles. The van der Waals surface area contributed by atoms with E-state index >= 15 is 0 Å². The van der Waals surface area contributed by atoms with E-state index in [-0.39, 0.29) is 5.69 Å². The molecule has 0 atom stereocenters. The van der Waals surface area contributed by atoms with Crippen molar-refractivity contribution < 1.29 is 14.3 Å². The second-order valence-electron chi connectivity index (χ2n) is 4.13. The van der Waals surface area contributed by atoms with Crippen LogP contribution in [0.3, 0.4) is 0 Å². The lowest BCUT2D eigenvalue weighted by Gasteiger charge is -2.06. The highest BCUT2D eigenvalue weighted by molar-refractivity contribution is 5.88. The number of ether oxygens (including phenoxy) is 2. The number of hydrogen-bond acceptors (Lipinski definition) is 7. The van der Waals surface area contributed by atoms with Gasteiger partial charge in [0, 0.05) is 20.6 Å². The van der Waals surface area contributed by atoms with Crippen LogP contribution in [-0.2, 0) is 29.5 Å². The summed E-state index contributed by atoms with van der Waals surface area (Å²) in [6.07, 6.45) is 2.11. The molecule has 0 aromatic carbocycles. The van der Waals surface area contributed by atoms with Crippen molar-refractivity contribution >= 4 is 5.97 Å². The molecule has 2 aromatic heterocycles. The van der Waals surface area contributed by atoms with E-state index in [1.54, 1.807) is 22.7 Å². The maximum atomic E-state index is 11.7. The molecule has 108 valence electrons. The number of aromatic nitrogens is 6. The van der Waals surface area contributed by atoms with E-state index in [4.69, 9.17) is 9.47 Å². The Labute approximate surface area is 115 Å². The Hall–Kier alpha value is -2.29. The number of nitrogens with zero attached hydrogens (tertiary/aromatic N) is 6. The van der Waals surface area contributed by atoms with E-state index in [2.05, 4.69) is 20.5 Å².